The summed E-state index contributed by atoms with van der Waals surface area (Å²) in [5.74, 6) is 0.864. The molecular formula is C21H23N3O4S2. The van der Waals surface area contributed by atoms with Crippen LogP contribution in [-0.4, -0.2) is 43.2 Å². The summed E-state index contributed by atoms with van der Waals surface area (Å²) in [4.78, 5) is 12.4. The summed E-state index contributed by atoms with van der Waals surface area (Å²) in [5.41, 5.74) is 0.277. The maximum absolute atomic E-state index is 13.0. The average molecular weight is 446 g/mol. The molecule has 1 amide bonds. The van der Waals surface area contributed by atoms with Crippen molar-refractivity contribution in [2.45, 2.75) is 24.2 Å². The molecule has 1 saturated heterocycles. The zero-order chi connectivity index (χ0) is 21.4. The zero-order valence-corrected chi connectivity index (χ0v) is 18.0. The summed E-state index contributed by atoms with van der Waals surface area (Å²) in [6.45, 7) is 0.994. The van der Waals surface area contributed by atoms with Gasteiger partial charge >= 0.3 is 0 Å². The van der Waals surface area contributed by atoms with Crippen molar-refractivity contribution in [3.63, 3.8) is 0 Å². The van der Waals surface area contributed by atoms with E-state index in [9.17, 15) is 13.2 Å². The first kappa shape index (κ1) is 22.2. The molecule has 0 radical (unpaired) electrons. The summed E-state index contributed by atoms with van der Waals surface area (Å²) < 4.78 is 33.4. The molecule has 7 nitrogen and oxygen atoms in total. The molecular weight excluding hydrogens is 422 g/mol. The van der Waals surface area contributed by atoms with E-state index in [4.69, 9.17) is 10.00 Å². The van der Waals surface area contributed by atoms with Gasteiger partial charge < -0.3 is 10.1 Å². The number of para-hydroxylation sites is 1. The number of thioether (sulfide) groups is 1. The van der Waals surface area contributed by atoms with E-state index in [-0.39, 0.29) is 28.0 Å². The summed E-state index contributed by atoms with van der Waals surface area (Å²) in [5, 5.41) is 11.4. The Labute approximate surface area is 181 Å². The van der Waals surface area contributed by atoms with E-state index in [2.05, 4.69) is 5.32 Å². The minimum Gasteiger partial charge on any atom is -0.455 e. The van der Waals surface area contributed by atoms with Crippen LogP contribution < -0.4 is 10.1 Å². The SMILES string of the molecule is N#CCSCC(=O)Nc1cc(S(=O)(=O)N2CCCCC2)ccc1Oc1ccccc1. The molecule has 30 heavy (non-hydrogen) atoms. The minimum atomic E-state index is -3.65. The first-order valence-electron chi connectivity index (χ1n) is 9.62. The molecule has 1 aliphatic heterocycles. The topological polar surface area (TPSA) is 99.5 Å². The normalized spacial score (nSPS) is 14.6. The minimum absolute atomic E-state index is 0.0848. The predicted octanol–water partition coefficient (Wildman–Crippen LogP) is 3.85. The number of nitrogens with one attached hydrogen (secondary N) is 1. The summed E-state index contributed by atoms with van der Waals surface area (Å²) in [6.07, 6.45) is 2.71. The molecule has 0 atom stereocenters. The number of ether oxygens (including phenoxy) is 1. The van der Waals surface area contributed by atoms with Crippen molar-refractivity contribution in [1.82, 2.24) is 4.31 Å². The second kappa shape index (κ2) is 10.5. The third-order valence-electron chi connectivity index (χ3n) is 4.55. The van der Waals surface area contributed by atoms with E-state index < -0.39 is 10.0 Å². The first-order chi connectivity index (χ1) is 14.5. The highest BCUT2D eigenvalue weighted by Gasteiger charge is 2.27. The van der Waals surface area contributed by atoms with Crippen LogP contribution in [0.1, 0.15) is 19.3 Å². The number of hydrogen-bond acceptors (Lipinski definition) is 6. The number of nitrogens with zero attached hydrogens (tertiary/aromatic N) is 2. The number of anilines is 1. The lowest BCUT2D eigenvalue weighted by atomic mass is 10.2. The Bertz CT molecular complexity index is 1010. The average Bonchev–Trinajstić information content (AvgIpc) is 2.76. The van der Waals surface area contributed by atoms with Crippen LogP contribution in [0.25, 0.3) is 0 Å². The molecule has 0 saturated carbocycles. The molecule has 1 heterocycles. The molecule has 0 aromatic heterocycles. The molecule has 0 spiro atoms. The largest absolute Gasteiger partial charge is 0.455 e. The van der Waals surface area contributed by atoms with Gasteiger partial charge in [-0.05, 0) is 43.2 Å². The predicted molar refractivity (Wildman–Crippen MR) is 117 cm³/mol. The molecule has 158 valence electrons. The van der Waals surface area contributed by atoms with Gasteiger partial charge in [0.25, 0.3) is 0 Å². The van der Waals surface area contributed by atoms with Crippen LogP contribution in [0.4, 0.5) is 5.69 Å². The molecule has 2 aromatic rings. The van der Waals surface area contributed by atoms with Crippen LogP contribution in [0.15, 0.2) is 53.4 Å². The van der Waals surface area contributed by atoms with E-state index >= 15 is 0 Å². The Balaban J connectivity index is 1.88. The zero-order valence-electron chi connectivity index (χ0n) is 16.4. The Morgan fingerprint density at radius 2 is 1.87 bits per heavy atom. The van der Waals surface area contributed by atoms with E-state index in [0.29, 0.717) is 24.6 Å². The monoisotopic (exact) mass is 445 g/mol. The third kappa shape index (κ3) is 5.75. The molecule has 9 heteroatoms. The molecule has 0 bridgehead atoms. The van der Waals surface area contributed by atoms with Crippen molar-refractivity contribution in [3.8, 4) is 17.6 Å². The van der Waals surface area contributed by atoms with Gasteiger partial charge in [-0.2, -0.15) is 9.57 Å². The van der Waals surface area contributed by atoms with Gasteiger partial charge in [-0.3, -0.25) is 4.79 Å². The number of rotatable bonds is 8. The van der Waals surface area contributed by atoms with Gasteiger partial charge in [0.1, 0.15) is 5.75 Å². The number of carbonyl (C=O) groups excluding carboxylic acids is 1. The summed E-state index contributed by atoms with van der Waals surface area (Å²) in [7, 11) is -3.65. The van der Waals surface area contributed by atoms with Gasteiger partial charge in [0.05, 0.1) is 28.2 Å². The lowest BCUT2D eigenvalue weighted by Gasteiger charge is -2.26. The van der Waals surface area contributed by atoms with Crippen LogP contribution in [-0.2, 0) is 14.8 Å². The van der Waals surface area contributed by atoms with Crippen molar-refractivity contribution in [2.24, 2.45) is 0 Å². The van der Waals surface area contributed by atoms with Crippen molar-refractivity contribution >= 4 is 33.4 Å². The molecule has 2 aromatic carbocycles. The molecule has 0 aliphatic carbocycles. The maximum Gasteiger partial charge on any atom is 0.243 e. The highest BCUT2D eigenvalue weighted by Crippen LogP contribution is 2.33. The smallest absolute Gasteiger partial charge is 0.243 e. The number of nitriles is 1. The first-order valence-corrected chi connectivity index (χ1v) is 12.2. The van der Waals surface area contributed by atoms with E-state index in [1.165, 1.54) is 28.2 Å². The number of benzene rings is 2. The van der Waals surface area contributed by atoms with Crippen molar-refractivity contribution in [3.05, 3.63) is 48.5 Å². The van der Waals surface area contributed by atoms with Gasteiger partial charge in [0.2, 0.25) is 15.9 Å². The van der Waals surface area contributed by atoms with Crippen LogP contribution in [0.2, 0.25) is 0 Å². The number of carbonyl (C=O) groups is 1. The second-order valence-corrected chi connectivity index (χ2v) is 9.66. The lowest BCUT2D eigenvalue weighted by Crippen LogP contribution is -2.35. The van der Waals surface area contributed by atoms with Crippen LogP contribution in [0.5, 0.6) is 11.5 Å². The Morgan fingerprint density at radius 3 is 2.57 bits per heavy atom. The van der Waals surface area contributed by atoms with Gasteiger partial charge in [0.15, 0.2) is 5.75 Å². The van der Waals surface area contributed by atoms with Crippen LogP contribution in [0.3, 0.4) is 0 Å². The molecule has 0 unspecified atom stereocenters. The Kier molecular flexibility index (Phi) is 7.74. The van der Waals surface area contributed by atoms with Crippen molar-refractivity contribution < 1.29 is 17.9 Å². The fourth-order valence-electron chi connectivity index (χ4n) is 3.10. The maximum atomic E-state index is 13.0. The van der Waals surface area contributed by atoms with Gasteiger partial charge in [-0.1, -0.05) is 24.6 Å². The fourth-order valence-corrected chi connectivity index (χ4v) is 5.10. The number of hydrogen-bond donors (Lipinski definition) is 1. The lowest BCUT2D eigenvalue weighted by molar-refractivity contribution is -0.113. The molecule has 1 aliphatic rings. The number of piperidine rings is 1. The Hall–Kier alpha value is -2.54. The summed E-state index contributed by atoms with van der Waals surface area (Å²) >= 11 is 1.18. The van der Waals surface area contributed by atoms with Crippen molar-refractivity contribution in [2.75, 3.05) is 29.9 Å². The molecule has 1 fully saturated rings. The van der Waals surface area contributed by atoms with Crippen molar-refractivity contribution in [1.29, 1.82) is 5.26 Å². The Morgan fingerprint density at radius 1 is 1.13 bits per heavy atom. The van der Waals surface area contributed by atoms with E-state index in [1.54, 1.807) is 18.2 Å². The standard InChI is InChI=1S/C21H23N3O4S2/c22-11-14-29-16-21(25)23-19-15-18(30(26,27)24-12-5-2-6-13-24)9-10-20(19)28-17-7-3-1-4-8-17/h1,3-4,7-10,15H,2,5-6,12-14,16H2,(H,23,25). The number of amides is 1. The van der Waals surface area contributed by atoms with Crippen LogP contribution >= 0.6 is 11.8 Å². The van der Waals surface area contributed by atoms with Gasteiger partial charge in [0, 0.05) is 13.1 Å². The van der Waals surface area contributed by atoms with E-state index in [1.807, 2.05) is 24.3 Å². The van der Waals surface area contributed by atoms with Gasteiger partial charge in [-0.15, -0.1) is 11.8 Å². The van der Waals surface area contributed by atoms with Crippen LogP contribution in [0, 0.1) is 11.3 Å². The third-order valence-corrected chi connectivity index (χ3v) is 7.24. The fraction of sp³-hybridized carbons (Fsp3) is 0.333. The molecule has 1 N–H and O–H groups in total. The van der Waals surface area contributed by atoms with Gasteiger partial charge in [-0.25, -0.2) is 8.42 Å². The highest BCUT2D eigenvalue weighted by atomic mass is 32.2. The molecule has 3 rings (SSSR count). The van der Waals surface area contributed by atoms with E-state index in [0.717, 1.165) is 19.3 Å². The number of sulfonamides is 1. The second-order valence-electron chi connectivity index (χ2n) is 6.74. The highest BCUT2D eigenvalue weighted by molar-refractivity contribution is 8.00. The summed E-state index contributed by atoms with van der Waals surface area (Å²) in [6, 6.07) is 15.5. The quantitative estimate of drug-likeness (QED) is 0.620.